The van der Waals surface area contributed by atoms with Gasteiger partial charge in [-0.15, -0.1) is 11.8 Å². The topological polar surface area (TPSA) is 42.0 Å². The number of nitrogens with zero attached hydrogens (tertiary/aromatic N) is 1. The number of amides is 1. The summed E-state index contributed by atoms with van der Waals surface area (Å²) in [6, 6.07) is 3.50. The van der Waals surface area contributed by atoms with E-state index in [-0.39, 0.29) is 5.91 Å². The fraction of sp³-hybridized carbons (Fsp3) is 0.200. The van der Waals surface area contributed by atoms with E-state index in [9.17, 15) is 4.79 Å². The standard InChI is InChI=1S/C10H11BrN2OS/c1-7(11)6-13-9(14)8-4-3-5-12-10(8)15-2/h3-5H,1,6H2,2H3,(H,13,14). The van der Waals surface area contributed by atoms with E-state index in [2.05, 4.69) is 32.8 Å². The van der Waals surface area contributed by atoms with E-state index < -0.39 is 0 Å². The quantitative estimate of drug-likeness (QED) is 0.865. The van der Waals surface area contributed by atoms with E-state index in [0.29, 0.717) is 12.1 Å². The number of pyridine rings is 1. The molecule has 0 radical (unpaired) electrons. The molecule has 5 heteroatoms. The zero-order chi connectivity index (χ0) is 11.3. The first-order chi connectivity index (χ1) is 7.15. The van der Waals surface area contributed by atoms with E-state index in [1.54, 1.807) is 18.3 Å². The first-order valence-electron chi connectivity index (χ1n) is 4.25. The molecule has 1 N–H and O–H groups in total. The number of carbonyl (C=O) groups is 1. The smallest absolute Gasteiger partial charge is 0.254 e. The lowest BCUT2D eigenvalue weighted by Crippen LogP contribution is -2.25. The van der Waals surface area contributed by atoms with Crippen molar-refractivity contribution >= 4 is 33.6 Å². The van der Waals surface area contributed by atoms with Crippen molar-refractivity contribution < 1.29 is 4.79 Å². The number of thioether (sulfide) groups is 1. The van der Waals surface area contributed by atoms with Crippen LogP contribution in [0.25, 0.3) is 0 Å². The molecule has 0 atom stereocenters. The third kappa shape index (κ3) is 3.68. The van der Waals surface area contributed by atoms with Gasteiger partial charge in [0.1, 0.15) is 5.03 Å². The average Bonchev–Trinajstić information content (AvgIpc) is 2.25. The van der Waals surface area contributed by atoms with Crippen molar-refractivity contribution in [2.24, 2.45) is 0 Å². The lowest BCUT2D eigenvalue weighted by Gasteiger charge is -2.06. The number of carbonyl (C=O) groups excluding carboxylic acids is 1. The van der Waals surface area contributed by atoms with Crippen molar-refractivity contribution in [2.75, 3.05) is 12.8 Å². The zero-order valence-electron chi connectivity index (χ0n) is 8.29. The van der Waals surface area contributed by atoms with Gasteiger partial charge in [-0.25, -0.2) is 4.98 Å². The molecule has 1 heterocycles. The van der Waals surface area contributed by atoms with Gasteiger partial charge in [0.05, 0.1) is 5.56 Å². The van der Waals surface area contributed by atoms with Gasteiger partial charge in [0.25, 0.3) is 5.91 Å². The molecule has 3 nitrogen and oxygen atoms in total. The van der Waals surface area contributed by atoms with Crippen molar-refractivity contribution in [2.45, 2.75) is 5.03 Å². The van der Waals surface area contributed by atoms with Gasteiger partial charge < -0.3 is 5.32 Å². The second-order valence-electron chi connectivity index (χ2n) is 2.76. The number of nitrogens with one attached hydrogen (secondary N) is 1. The molecule has 0 saturated carbocycles. The highest BCUT2D eigenvalue weighted by atomic mass is 79.9. The van der Waals surface area contributed by atoms with Crippen LogP contribution in [-0.2, 0) is 0 Å². The summed E-state index contributed by atoms with van der Waals surface area (Å²) in [6.45, 7) is 4.06. The fourth-order valence-corrected chi connectivity index (χ4v) is 1.68. The van der Waals surface area contributed by atoms with Crippen LogP contribution in [0.15, 0.2) is 34.4 Å². The molecule has 0 bridgehead atoms. The molecule has 80 valence electrons. The summed E-state index contributed by atoms with van der Waals surface area (Å²) < 4.78 is 0.741. The average molecular weight is 287 g/mol. The van der Waals surface area contributed by atoms with Gasteiger partial charge in [0, 0.05) is 17.2 Å². The maximum atomic E-state index is 11.7. The van der Waals surface area contributed by atoms with Gasteiger partial charge in [-0.2, -0.15) is 0 Å². The fourth-order valence-electron chi connectivity index (χ4n) is 0.998. The van der Waals surface area contributed by atoms with E-state index in [0.717, 1.165) is 9.51 Å². The lowest BCUT2D eigenvalue weighted by atomic mass is 10.2. The van der Waals surface area contributed by atoms with E-state index in [1.165, 1.54) is 11.8 Å². The molecule has 0 aliphatic heterocycles. The highest BCUT2D eigenvalue weighted by Gasteiger charge is 2.10. The second-order valence-corrected chi connectivity index (χ2v) is 4.68. The number of aromatic nitrogens is 1. The molecule has 0 saturated heterocycles. The molecule has 1 amide bonds. The SMILES string of the molecule is C=C(Br)CNC(=O)c1cccnc1SC. The minimum Gasteiger partial charge on any atom is -0.347 e. The van der Waals surface area contributed by atoms with Gasteiger partial charge in [0.15, 0.2) is 0 Å². The normalized spacial score (nSPS) is 9.73. The Hall–Kier alpha value is -0.810. The zero-order valence-corrected chi connectivity index (χ0v) is 10.7. The van der Waals surface area contributed by atoms with E-state index in [4.69, 9.17) is 0 Å². The predicted octanol–water partition coefficient (Wildman–Crippen LogP) is 2.44. The maximum absolute atomic E-state index is 11.7. The molecule has 1 aromatic heterocycles. The van der Waals surface area contributed by atoms with Crippen LogP contribution in [0, 0.1) is 0 Å². The summed E-state index contributed by atoms with van der Waals surface area (Å²) in [5.74, 6) is -0.131. The highest BCUT2D eigenvalue weighted by Crippen LogP contribution is 2.16. The van der Waals surface area contributed by atoms with Crippen molar-refractivity contribution in [3.8, 4) is 0 Å². The Labute approximate surface area is 101 Å². The number of halogens is 1. The monoisotopic (exact) mass is 286 g/mol. The molecule has 0 unspecified atom stereocenters. The van der Waals surface area contributed by atoms with Crippen molar-refractivity contribution in [1.82, 2.24) is 10.3 Å². The number of hydrogen-bond donors (Lipinski definition) is 1. The van der Waals surface area contributed by atoms with Gasteiger partial charge in [-0.05, 0) is 18.4 Å². The summed E-state index contributed by atoms with van der Waals surface area (Å²) in [4.78, 5) is 15.8. The van der Waals surface area contributed by atoms with Crippen LogP contribution >= 0.6 is 27.7 Å². The van der Waals surface area contributed by atoms with Gasteiger partial charge >= 0.3 is 0 Å². The van der Waals surface area contributed by atoms with Crippen LogP contribution in [-0.4, -0.2) is 23.7 Å². The molecule has 0 aromatic carbocycles. The summed E-state index contributed by atoms with van der Waals surface area (Å²) in [6.07, 6.45) is 3.56. The molecule has 1 rings (SSSR count). The lowest BCUT2D eigenvalue weighted by molar-refractivity contribution is 0.0954. The first-order valence-corrected chi connectivity index (χ1v) is 6.27. The van der Waals surface area contributed by atoms with Gasteiger partial charge in [-0.1, -0.05) is 22.5 Å². The summed E-state index contributed by atoms with van der Waals surface area (Å²) in [5.41, 5.74) is 0.596. The minimum atomic E-state index is -0.131. The van der Waals surface area contributed by atoms with Crippen LogP contribution in [0.5, 0.6) is 0 Å². The van der Waals surface area contributed by atoms with Crippen molar-refractivity contribution in [1.29, 1.82) is 0 Å². The molecular weight excluding hydrogens is 276 g/mol. The Morgan fingerprint density at radius 3 is 3.07 bits per heavy atom. The number of rotatable bonds is 4. The Bertz CT molecular complexity index is 381. The first kappa shape index (κ1) is 12.3. The molecule has 0 aliphatic carbocycles. The number of hydrogen-bond acceptors (Lipinski definition) is 3. The summed E-state index contributed by atoms with van der Waals surface area (Å²) in [5, 5.41) is 3.47. The van der Waals surface area contributed by atoms with Crippen molar-refractivity contribution in [3.05, 3.63) is 35.0 Å². The third-order valence-corrected chi connectivity index (χ3v) is 2.64. The van der Waals surface area contributed by atoms with E-state index in [1.807, 2.05) is 6.26 Å². The van der Waals surface area contributed by atoms with Crippen LogP contribution < -0.4 is 5.32 Å². The Balaban J connectivity index is 2.77. The van der Waals surface area contributed by atoms with Crippen LogP contribution in [0.1, 0.15) is 10.4 Å². The van der Waals surface area contributed by atoms with Crippen molar-refractivity contribution in [3.63, 3.8) is 0 Å². The molecule has 15 heavy (non-hydrogen) atoms. The predicted molar refractivity (Wildman–Crippen MR) is 66.4 cm³/mol. The Morgan fingerprint density at radius 1 is 1.73 bits per heavy atom. The van der Waals surface area contributed by atoms with Gasteiger partial charge in [-0.3, -0.25) is 4.79 Å². The molecule has 1 aromatic rings. The summed E-state index contributed by atoms with van der Waals surface area (Å²) in [7, 11) is 0. The second kappa shape index (κ2) is 5.92. The van der Waals surface area contributed by atoms with Gasteiger partial charge in [0.2, 0.25) is 0 Å². The minimum absolute atomic E-state index is 0.131. The molecule has 0 aliphatic rings. The molecule has 0 fully saturated rings. The van der Waals surface area contributed by atoms with Crippen LogP contribution in [0.3, 0.4) is 0 Å². The Morgan fingerprint density at radius 2 is 2.47 bits per heavy atom. The van der Waals surface area contributed by atoms with Crippen LogP contribution in [0.4, 0.5) is 0 Å². The third-order valence-electron chi connectivity index (χ3n) is 1.65. The largest absolute Gasteiger partial charge is 0.347 e. The summed E-state index contributed by atoms with van der Waals surface area (Å²) >= 11 is 4.63. The highest BCUT2D eigenvalue weighted by molar-refractivity contribution is 9.11. The maximum Gasteiger partial charge on any atom is 0.254 e. The molecular formula is C10H11BrN2OS. The van der Waals surface area contributed by atoms with Crippen LogP contribution in [0.2, 0.25) is 0 Å². The van der Waals surface area contributed by atoms with E-state index >= 15 is 0 Å². The molecule has 0 spiro atoms. The Kier molecular flexibility index (Phi) is 4.84.